The first-order valence-electron chi connectivity index (χ1n) is 14.8. The molecule has 12 nitrogen and oxygen atoms in total. The van der Waals surface area contributed by atoms with Gasteiger partial charge in [0.1, 0.15) is 11.5 Å². The average Bonchev–Trinajstić information content (AvgIpc) is 3.02. The van der Waals surface area contributed by atoms with Gasteiger partial charge in [-0.25, -0.2) is 0 Å². The zero-order valence-corrected chi connectivity index (χ0v) is 25.5. The second kappa shape index (κ2) is 17.3. The summed E-state index contributed by atoms with van der Waals surface area (Å²) in [5.74, 6) is 1.03. The maximum atomic E-state index is 12.7. The summed E-state index contributed by atoms with van der Waals surface area (Å²) in [6, 6.07) is 21.6. The minimum Gasteiger partial charge on any atom is -0.508 e. The second-order valence-corrected chi connectivity index (χ2v) is 10.3. The van der Waals surface area contributed by atoms with Gasteiger partial charge in [0.15, 0.2) is 0 Å². The van der Waals surface area contributed by atoms with Crippen LogP contribution in [0, 0.1) is 6.92 Å². The molecule has 0 unspecified atom stereocenters. The van der Waals surface area contributed by atoms with Crippen molar-refractivity contribution < 1.29 is 24.2 Å². The van der Waals surface area contributed by atoms with Gasteiger partial charge in [-0.05, 0) is 74.4 Å². The fourth-order valence-electron chi connectivity index (χ4n) is 4.16. The van der Waals surface area contributed by atoms with Crippen LogP contribution < -0.4 is 21.3 Å². The van der Waals surface area contributed by atoms with Crippen molar-refractivity contribution in [2.75, 3.05) is 48.9 Å². The van der Waals surface area contributed by atoms with Crippen molar-refractivity contribution in [2.24, 2.45) is 0 Å². The van der Waals surface area contributed by atoms with E-state index in [1.807, 2.05) is 31.2 Å². The molecule has 45 heavy (non-hydrogen) atoms. The molecule has 0 aliphatic heterocycles. The predicted octanol–water partition coefficient (Wildman–Crippen LogP) is 5.12. The number of rotatable bonds is 18. The van der Waals surface area contributed by atoms with Crippen LogP contribution in [-0.2, 0) is 20.8 Å². The molecule has 0 saturated carbocycles. The molecular formula is C33H39N7O5. The van der Waals surface area contributed by atoms with Gasteiger partial charge in [-0.2, -0.15) is 15.0 Å². The van der Waals surface area contributed by atoms with Gasteiger partial charge in [0.25, 0.3) is 5.91 Å². The first-order valence-corrected chi connectivity index (χ1v) is 14.8. The van der Waals surface area contributed by atoms with E-state index in [0.717, 1.165) is 11.1 Å². The zero-order valence-electron chi connectivity index (χ0n) is 25.5. The van der Waals surface area contributed by atoms with E-state index in [-0.39, 0.29) is 29.3 Å². The van der Waals surface area contributed by atoms with E-state index in [2.05, 4.69) is 36.2 Å². The van der Waals surface area contributed by atoms with Gasteiger partial charge in [-0.3, -0.25) is 4.79 Å². The molecule has 0 bridgehead atoms. The van der Waals surface area contributed by atoms with Crippen LogP contribution in [0.4, 0.5) is 29.2 Å². The number of hydrogen-bond acceptors (Lipinski definition) is 11. The largest absolute Gasteiger partial charge is 0.508 e. The molecule has 0 saturated heterocycles. The van der Waals surface area contributed by atoms with Gasteiger partial charge in [0.05, 0.1) is 19.8 Å². The van der Waals surface area contributed by atoms with Crippen LogP contribution in [0.3, 0.4) is 0 Å². The number of aromatic hydroxyl groups is 1. The Hall–Kier alpha value is -5.07. The number of aromatic nitrogens is 3. The highest BCUT2D eigenvalue weighted by atomic mass is 16.5. The molecule has 0 aliphatic rings. The standard InChI is InChI=1S/C33H39N7O5/c1-23-5-3-7-25(21-23)22-35-30(43)26-8-10-27(11-9-26)36-32-38-31(34-16-18-45-20-19-44-17-4-6-24(2)41)39-33(40-32)37-28-12-14-29(42)15-13-28/h3,5,7-15,21,42H,4,6,16-20,22H2,1-2H3,(H,35,43)(H3,34,36,37,38,39,40). The lowest BCUT2D eigenvalue weighted by Gasteiger charge is -2.12. The normalized spacial score (nSPS) is 10.7. The smallest absolute Gasteiger partial charge is 0.251 e. The lowest BCUT2D eigenvalue weighted by molar-refractivity contribution is -0.117. The molecular weight excluding hydrogens is 574 g/mol. The van der Waals surface area contributed by atoms with Crippen molar-refractivity contribution in [2.45, 2.75) is 33.2 Å². The Morgan fingerprint density at radius 1 is 0.778 bits per heavy atom. The number of benzene rings is 3. The lowest BCUT2D eigenvalue weighted by atomic mass is 10.1. The number of anilines is 5. The van der Waals surface area contributed by atoms with Crippen LogP contribution in [0.25, 0.3) is 0 Å². The number of nitrogens with one attached hydrogen (secondary N) is 4. The topological polar surface area (TPSA) is 160 Å². The van der Waals surface area contributed by atoms with E-state index >= 15 is 0 Å². The van der Waals surface area contributed by atoms with Crippen molar-refractivity contribution in [3.8, 4) is 5.75 Å². The summed E-state index contributed by atoms with van der Waals surface area (Å²) in [5, 5.41) is 22.0. The van der Waals surface area contributed by atoms with E-state index in [4.69, 9.17) is 9.47 Å². The van der Waals surface area contributed by atoms with Gasteiger partial charge in [0, 0.05) is 43.1 Å². The summed E-state index contributed by atoms with van der Waals surface area (Å²) in [6.45, 7) is 6.29. The number of phenols is 1. The summed E-state index contributed by atoms with van der Waals surface area (Å²) >= 11 is 0. The Morgan fingerprint density at radius 3 is 2.04 bits per heavy atom. The maximum Gasteiger partial charge on any atom is 0.251 e. The molecule has 3 aromatic carbocycles. The molecule has 1 heterocycles. The van der Waals surface area contributed by atoms with Crippen molar-refractivity contribution >= 4 is 40.9 Å². The van der Waals surface area contributed by atoms with Gasteiger partial charge in [-0.15, -0.1) is 0 Å². The molecule has 12 heteroatoms. The number of nitrogens with zero attached hydrogens (tertiary/aromatic N) is 3. The van der Waals surface area contributed by atoms with Crippen LogP contribution in [0.15, 0.2) is 72.8 Å². The molecule has 0 radical (unpaired) electrons. The highest BCUT2D eigenvalue weighted by molar-refractivity contribution is 5.94. The Balaban J connectivity index is 1.33. The number of Topliss-reactive ketones (excluding diaryl/α,β-unsaturated/α-hetero) is 1. The van der Waals surface area contributed by atoms with Gasteiger partial charge in [-0.1, -0.05) is 29.8 Å². The third kappa shape index (κ3) is 11.9. The Kier molecular flexibility index (Phi) is 12.6. The number of aryl methyl sites for hydroxylation is 1. The molecule has 5 N–H and O–H groups in total. The summed E-state index contributed by atoms with van der Waals surface area (Å²) in [5.41, 5.74) is 4.08. The predicted molar refractivity (Wildman–Crippen MR) is 173 cm³/mol. The first-order chi connectivity index (χ1) is 21.8. The molecule has 236 valence electrons. The van der Waals surface area contributed by atoms with E-state index in [0.29, 0.717) is 75.2 Å². The fourth-order valence-corrected chi connectivity index (χ4v) is 4.16. The van der Waals surface area contributed by atoms with Crippen LogP contribution in [0.5, 0.6) is 5.75 Å². The number of ether oxygens (including phenoxy) is 2. The van der Waals surface area contributed by atoms with Crippen LogP contribution in [0.2, 0.25) is 0 Å². The van der Waals surface area contributed by atoms with E-state index in [1.165, 1.54) is 0 Å². The molecule has 0 spiro atoms. The number of amides is 1. The number of hydrogen-bond donors (Lipinski definition) is 5. The van der Waals surface area contributed by atoms with Crippen molar-refractivity contribution in [3.63, 3.8) is 0 Å². The number of phenolic OH excluding ortho intramolecular Hbond substituents is 1. The Bertz CT molecular complexity index is 1530. The lowest BCUT2D eigenvalue weighted by Crippen LogP contribution is -2.22. The van der Waals surface area contributed by atoms with E-state index < -0.39 is 0 Å². The highest BCUT2D eigenvalue weighted by Gasteiger charge is 2.10. The van der Waals surface area contributed by atoms with Crippen molar-refractivity contribution in [1.29, 1.82) is 0 Å². The minimum atomic E-state index is -0.170. The Morgan fingerprint density at radius 2 is 1.40 bits per heavy atom. The monoisotopic (exact) mass is 613 g/mol. The SMILES string of the molecule is CC(=O)CCCOCCOCCNc1nc(Nc2ccc(O)cc2)nc(Nc2ccc(C(=O)NCc3cccc(C)c3)cc2)n1. The Labute approximate surface area is 262 Å². The average molecular weight is 614 g/mol. The van der Waals surface area contributed by atoms with Crippen LogP contribution in [-0.4, -0.2) is 64.7 Å². The van der Waals surface area contributed by atoms with Gasteiger partial charge < -0.3 is 40.6 Å². The summed E-state index contributed by atoms with van der Waals surface area (Å²) in [7, 11) is 0. The number of carbonyl (C=O) groups is 2. The van der Waals surface area contributed by atoms with Crippen LogP contribution >= 0.6 is 0 Å². The van der Waals surface area contributed by atoms with Gasteiger partial charge >= 0.3 is 0 Å². The summed E-state index contributed by atoms with van der Waals surface area (Å²) in [6.07, 6.45) is 1.23. The first kappa shape index (κ1) is 32.8. The molecule has 0 aliphatic carbocycles. The molecule has 4 rings (SSSR count). The van der Waals surface area contributed by atoms with Gasteiger partial charge in [0.2, 0.25) is 17.8 Å². The van der Waals surface area contributed by atoms with Crippen molar-refractivity contribution in [1.82, 2.24) is 20.3 Å². The van der Waals surface area contributed by atoms with E-state index in [1.54, 1.807) is 55.5 Å². The van der Waals surface area contributed by atoms with Crippen molar-refractivity contribution in [3.05, 3.63) is 89.5 Å². The highest BCUT2D eigenvalue weighted by Crippen LogP contribution is 2.21. The number of carbonyl (C=O) groups excluding carboxylic acids is 2. The quantitative estimate of drug-likeness (QED) is 0.0749. The third-order valence-electron chi connectivity index (χ3n) is 6.42. The molecule has 1 aromatic heterocycles. The fraction of sp³-hybridized carbons (Fsp3) is 0.303. The summed E-state index contributed by atoms with van der Waals surface area (Å²) in [4.78, 5) is 37.1. The third-order valence-corrected chi connectivity index (χ3v) is 6.42. The molecule has 4 aromatic rings. The van der Waals surface area contributed by atoms with Crippen LogP contribution in [0.1, 0.15) is 41.3 Å². The molecule has 1 amide bonds. The van der Waals surface area contributed by atoms with E-state index in [9.17, 15) is 14.7 Å². The number of ketones is 1. The maximum absolute atomic E-state index is 12.7. The minimum absolute atomic E-state index is 0.148. The second-order valence-electron chi connectivity index (χ2n) is 10.3. The summed E-state index contributed by atoms with van der Waals surface area (Å²) < 4.78 is 11.1. The molecule has 0 fully saturated rings. The molecule has 0 atom stereocenters. The zero-order chi connectivity index (χ0) is 31.9.